The van der Waals surface area contributed by atoms with Crippen molar-refractivity contribution in [3.05, 3.63) is 57.3 Å². The van der Waals surface area contributed by atoms with Crippen LogP contribution < -0.4 is 5.32 Å². The summed E-state index contributed by atoms with van der Waals surface area (Å²) >= 11 is 11.8. The summed E-state index contributed by atoms with van der Waals surface area (Å²) in [5, 5.41) is 13.4. The maximum atomic E-state index is 12.1. The molecule has 0 aliphatic rings. The van der Waals surface area contributed by atoms with Crippen LogP contribution in [0.15, 0.2) is 30.3 Å². The monoisotopic (exact) mass is 326 g/mol. The lowest BCUT2D eigenvalue weighted by Crippen LogP contribution is -2.29. The van der Waals surface area contributed by atoms with Crippen LogP contribution in [0.5, 0.6) is 0 Å². The molecule has 2 aromatic rings. The molecule has 0 fully saturated rings. The molecule has 0 saturated carbocycles. The summed E-state index contributed by atoms with van der Waals surface area (Å²) in [4.78, 5) is 12.1. The van der Waals surface area contributed by atoms with E-state index in [4.69, 9.17) is 23.2 Å². The SMILES string of the molecule is Cc1ccc(C(O)CNC(=O)c2cc(Cl)c(Cl)n2C)cc1. The van der Waals surface area contributed by atoms with E-state index in [0.717, 1.165) is 11.1 Å². The lowest BCUT2D eigenvalue weighted by atomic mass is 10.1. The smallest absolute Gasteiger partial charge is 0.268 e. The van der Waals surface area contributed by atoms with Crippen LogP contribution in [0.2, 0.25) is 10.2 Å². The van der Waals surface area contributed by atoms with Crippen molar-refractivity contribution < 1.29 is 9.90 Å². The predicted molar refractivity (Wildman–Crippen MR) is 83.9 cm³/mol. The van der Waals surface area contributed by atoms with Gasteiger partial charge in [0.25, 0.3) is 5.91 Å². The highest BCUT2D eigenvalue weighted by atomic mass is 35.5. The van der Waals surface area contributed by atoms with Crippen molar-refractivity contribution in [2.75, 3.05) is 6.54 Å². The van der Waals surface area contributed by atoms with Gasteiger partial charge in [-0.25, -0.2) is 0 Å². The molecule has 4 nitrogen and oxygen atoms in total. The number of halogens is 2. The minimum atomic E-state index is -0.763. The van der Waals surface area contributed by atoms with Gasteiger partial charge in [0.05, 0.1) is 11.1 Å². The Balaban J connectivity index is 2.00. The van der Waals surface area contributed by atoms with Gasteiger partial charge in [-0.15, -0.1) is 0 Å². The molecule has 1 aromatic heterocycles. The van der Waals surface area contributed by atoms with Crippen LogP contribution in [0.25, 0.3) is 0 Å². The molecule has 0 spiro atoms. The van der Waals surface area contributed by atoms with Crippen molar-refractivity contribution in [2.24, 2.45) is 7.05 Å². The second-order valence-electron chi connectivity index (χ2n) is 4.86. The van der Waals surface area contributed by atoms with Crippen LogP contribution in [0.3, 0.4) is 0 Å². The van der Waals surface area contributed by atoms with Crippen LogP contribution >= 0.6 is 23.2 Å². The standard InChI is InChI=1S/C15H16Cl2N2O2/c1-9-3-5-10(6-4-9)13(20)8-18-15(21)12-7-11(16)14(17)19(12)2/h3-7,13,20H,8H2,1-2H3,(H,18,21). The summed E-state index contributed by atoms with van der Waals surface area (Å²) < 4.78 is 1.50. The van der Waals surface area contributed by atoms with E-state index in [2.05, 4.69) is 5.32 Å². The number of rotatable bonds is 4. The van der Waals surface area contributed by atoms with Crippen molar-refractivity contribution in [2.45, 2.75) is 13.0 Å². The molecule has 1 atom stereocenters. The topological polar surface area (TPSA) is 54.3 Å². The Bertz CT molecular complexity index is 650. The predicted octanol–water partition coefficient (Wildman–Crippen LogP) is 3.10. The summed E-state index contributed by atoms with van der Waals surface area (Å²) in [5.74, 6) is -0.336. The van der Waals surface area contributed by atoms with E-state index >= 15 is 0 Å². The van der Waals surface area contributed by atoms with E-state index in [-0.39, 0.29) is 12.5 Å². The van der Waals surface area contributed by atoms with Crippen molar-refractivity contribution >= 4 is 29.1 Å². The fraction of sp³-hybridized carbons (Fsp3) is 0.267. The second kappa shape index (κ2) is 6.52. The number of hydrogen-bond donors (Lipinski definition) is 2. The van der Waals surface area contributed by atoms with Gasteiger partial charge in [-0.05, 0) is 18.6 Å². The molecule has 6 heteroatoms. The molecule has 0 radical (unpaired) electrons. The summed E-state index contributed by atoms with van der Waals surface area (Å²) in [6.45, 7) is 2.09. The first-order valence-electron chi connectivity index (χ1n) is 6.43. The van der Waals surface area contributed by atoms with Crippen LogP contribution in [-0.4, -0.2) is 22.1 Å². The zero-order valence-electron chi connectivity index (χ0n) is 11.7. The first kappa shape index (κ1) is 15.9. The Morgan fingerprint density at radius 2 is 1.95 bits per heavy atom. The molecule has 0 bridgehead atoms. The normalized spacial score (nSPS) is 12.2. The number of aliphatic hydroxyl groups is 1. The third kappa shape index (κ3) is 3.59. The van der Waals surface area contributed by atoms with Crippen LogP contribution in [0, 0.1) is 6.92 Å². The fourth-order valence-electron chi connectivity index (χ4n) is 1.95. The minimum Gasteiger partial charge on any atom is -0.387 e. The molecule has 1 amide bonds. The molecule has 21 heavy (non-hydrogen) atoms. The molecule has 2 N–H and O–H groups in total. The maximum Gasteiger partial charge on any atom is 0.268 e. The number of amides is 1. The fourth-order valence-corrected chi connectivity index (χ4v) is 2.32. The molecule has 0 aliphatic heterocycles. The first-order valence-corrected chi connectivity index (χ1v) is 7.19. The van der Waals surface area contributed by atoms with E-state index in [1.807, 2.05) is 31.2 Å². The highest BCUT2D eigenvalue weighted by Crippen LogP contribution is 2.25. The van der Waals surface area contributed by atoms with Gasteiger partial charge in [-0.1, -0.05) is 53.0 Å². The highest BCUT2D eigenvalue weighted by molar-refractivity contribution is 6.41. The molecule has 0 aliphatic carbocycles. The third-order valence-corrected chi connectivity index (χ3v) is 4.11. The third-order valence-electron chi connectivity index (χ3n) is 3.27. The van der Waals surface area contributed by atoms with Gasteiger partial charge >= 0.3 is 0 Å². The van der Waals surface area contributed by atoms with Gasteiger partial charge in [-0.2, -0.15) is 0 Å². The minimum absolute atomic E-state index is 0.113. The van der Waals surface area contributed by atoms with E-state index < -0.39 is 6.10 Å². The molecule has 1 unspecified atom stereocenters. The Hall–Kier alpha value is -1.49. The number of carbonyl (C=O) groups is 1. The van der Waals surface area contributed by atoms with Crippen molar-refractivity contribution in [1.82, 2.24) is 9.88 Å². The zero-order chi connectivity index (χ0) is 15.6. The molecule has 1 aromatic carbocycles. The Morgan fingerprint density at radius 1 is 1.33 bits per heavy atom. The van der Waals surface area contributed by atoms with Gasteiger partial charge in [0.2, 0.25) is 0 Å². The van der Waals surface area contributed by atoms with Crippen LogP contribution in [-0.2, 0) is 7.05 Å². The number of aryl methyl sites for hydroxylation is 1. The molecular formula is C15H16Cl2N2O2. The number of aromatic nitrogens is 1. The average molecular weight is 327 g/mol. The van der Waals surface area contributed by atoms with Gasteiger partial charge in [0.15, 0.2) is 0 Å². The Kier molecular flexibility index (Phi) is 4.93. The van der Waals surface area contributed by atoms with Crippen molar-refractivity contribution in [3.8, 4) is 0 Å². The van der Waals surface area contributed by atoms with Crippen LogP contribution in [0.4, 0.5) is 0 Å². The van der Waals surface area contributed by atoms with Crippen molar-refractivity contribution in [1.29, 1.82) is 0 Å². The lowest BCUT2D eigenvalue weighted by molar-refractivity contribution is 0.0908. The average Bonchev–Trinajstić information content (AvgIpc) is 2.73. The zero-order valence-corrected chi connectivity index (χ0v) is 13.2. The second-order valence-corrected chi connectivity index (χ2v) is 5.63. The van der Waals surface area contributed by atoms with Gasteiger partial charge in [0, 0.05) is 13.6 Å². The number of nitrogens with zero attached hydrogens (tertiary/aromatic N) is 1. The number of benzene rings is 1. The van der Waals surface area contributed by atoms with Gasteiger partial charge in [0.1, 0.15) is 10.8 Å². The summed E-state index contributed by atoms with van der Waals surface area (Å²) in [6.07, 6.45) is -0.763. The number of carbonyl (C=O) groups excluding carboxylic acids is 1. The van der Waals surface area contributed by atoms with E-state index in [1.54, 1.807) is 7.05 Å². The molecule has 0 saturated heterocycles. The quantitative estimate of drug-likeness (QED) is 0.907. The molecular weight excluding hydrogens is 311 g/mol. The number of hydrogen-bond acceptors (Lipinski definition) is 2. The summed E-state index contributed by atoms with van der Waals surface area (Å²) in [7, 11) is 1.65. The Labute approximate surface area is 133 Å². The Morgan fingerprint density at radius 3 is 2.48 bits per heavy atom. The summed E-state index contributed by atoms with van der Waals surface area (Å²) in [6, 6.07) is 9.00. The van der Waals surface area contributed by atoms with E-state index in [1.165, 1.54) is 10.6 Å². The van der Waals surface area contributed by atoms with E-state index in [9.17, 15) is 9.90 Å². The number of nitrogens with one attached hydrogen (secondary N) is 1. The largest absolute Gasteiger partial charge is 0.387 e. The lowest BCUT2D eigenvalue weighted by Gasteiger charge is -2.13. The van der Waals surface area contributed by atoms with Crippen LogP contribution in [0.1, 0.15) is 27.7 Å². The van der Waals surface area contributed by atoms with Gasteiger partial charge in [-0.3, -0.25) is 4.79 Å². The molecule has 1 heterocycles. The van der Waals surface area contributed by atoms with Crippen molar-refractivity contribution in [3.63, 3.8) is 0 Å². The molecule has 112 valence electrons. The first-order chi connectivity index (χ1) is 9.90. The maximum absolute atomic E-state index is 12.1. The molecule has 2 rings (SSSR count). The van der Waals surface area contributed by atoms with E-state index in [0.29, 0.717) is 15.9 Å². The summed E-state index contributed by atoms with van der Waals surface area (Å²) in [5.41, 5.74) is 2.22. The number of aliphatic hydroxyl groups excluding tert-OH is 1. The van der Waals surface area contributed by atoms with Gasteiger partial charge < -0.3 is 15.0 Å². The highest BCUT2D eigenvalue weighted by Gasteiger charge is 2.17.